The number of ether oxygens (including phenoxy) is 3. The van der Waals surface area contributed by atoms with Gasteiger partial charge in [-0.15, -0.1) is 13.2 Å². The number of hydrogen-bond donors (Lipinski definition) is 0. The van der Waals surface area contributed by atoms with Crippen LogP contribution < -0.4 is 9.47 Å². The number of rotatable bonds is 5. The molecule has 0 atom stereocenters. The largest absolute Gasteiger partial charge is 0.573 e. The summed E-state index contributed by atoms with van der Waals surface area (Å²) < 4.78 is 52.4. The Bertz CT molecular complexity index is 817. The zero-order valence-electron chi connectivity index (χ0n) is 16.2. The maximum absolute atomic E-state index is 12.6. The van der Waals surface area contributed by atoms with Gasteiger partial charge in [-0.25, -0.2) is 4.79 Å². The molecule has 0 radical (unpaired) electrons. The molecule has 1 aliphatic rings. The molecule has 0 aliphatic carbocycles. The Balaban J connectivity index is 2.41. The average molecular weight is 396 g/mol. The molecule has 0 spiro atoms. The van der Waals surface area contributed by atoms with Crippen molar-refractivity contribution in [2.45, 2.75) is 34.1 Å². The number of carbonyl (C=O) groups excluding carboxylic acids is 1. The third-order valence-electron chi connectivity index (χ3n) is 3.80. The fraction of sp³-hybridized carbons (Fsp3) is 0.381. The van der Waals surface area contributed by atoms with Gasteiger partial charge >= 0.3 is 12.3 Å². The Kier molecular flexibility index (Phi) is 6.59. The van der Waals surface area contributed by atoms with Crippen LogP contribution in [0.25, 0.3) is 5.57 Å². The lowest BCUT2D eigenvalue weighted by Crippen LogP contribution is -2.17. The van der Waals surface area contributed by atoms with Gasteiger partial charge in [0.2, 0.25) is 0 Å². The Morgan fingerprint density at radius 1 is 1.32 bits per heavy atom. The van der Waals surface area contributed by atoms with Gasteiger partial charge in [0.05, 0.1) is 13.2 Å². The summed E-state index contributed by atoms with van der Waals surface area (Å²) >= 11 is 0. The smallest absolute Gasteiger partial charge is 0.492 e. The van der Waals surface area contributed by atoms with E-state index in [1.54, 1.807) is 26.0 Å². The molecule has 0 saturated heterocycles. The van der Waals surface area contributed by atoms with E-state index in [1.165, 1.54) is 24.3 Å². The summed E-state index contributed by atoms with van der Waals surface area (Å²) in [6, 6.07) is 3.98. The molecule has 1 aromatic rings. The van der Waals surface area contributed by atoms with Crippen LogP contribution in [0.5, 0.6) is 11.5 Å². The molecule has 0 aromatic heterocycles. The van der Waals surface area contributed by atoms with E-state index in [-0.39, 0.29) is 17.8 Å². The minimum absolute atomic E-state index is 0.276. The van der Waals surface area contributed by atoms with Crippen LogP contribution in [0, 0.1) is 5.41 Å². The topological polar surface area (TPSA) is 44.8 Å². The van der Waals surface area contributed by atoms with E-state index in [0.717, 1.165) is 0 Å². The molecule has 1 aliphatic heterocycles. The summed E-state index contributed by atoms with van der Waals surface area (Å²) in [7, 11) is 0. The van der Waals surface area contributed by atoms with Crippen molar-refractivity contribution >= 4 is 11.5 Å². The quantitative estimate of drug-likeness (QED) is 0.377. The van der Waals surface area contributed by atoms with Gasteiger partial charge in [0, 0.05) is 17.1 Å². The summed E-state index contributed by atoms with van der Waals surface area (Å²) in [6.45, 7) is 8.01. The van der Waals surface area contributed by atoms with E-state index in [2.05, 4.69) is 4.74 Å². The van der Waals surface area contributed by atoms with Crippen molar-refractivity contribution in [3.05, 3.63) is 53.6 Å². The maximum atomic E-state index is 12.6. The Labute approximate surface area is 162 Å². The molecule has 0 saturated carbocycles. The molecule has 1 heterocycles. The molecule has 0 fully saturated rings. The predicted molar refractivity (Wildman–Crippen MR) is 99.9 cm³/mol. The Hall–Kier alpha value is -2.70. The highest BCUT2D eigenvalue weighted by Crippen LogP contribution is 2.38. The summed E-state index contributed by atoms with van der Waals surface area (Å²) in [6.07, 6.45) is 1.92. The van der Waals surface area contributed by atoms with E-state index in [9.17, 15) is 18.0 Å². The van der Waals surface area contributed by atoms with Crippen molar-refractivity contribution < 1.29 is 32.2 Å². The third-order valence-corrected chi connectivity index (χ3v) is 3.80. The van der Waals surface area contributed by atoms with Crippen LogP contribution in [-0.4, -0.2) is 25.5 Å². The van der Waals surface area contributed by atoms with Crippen molar-refractivity contribution in [2.24, 2.45) is 5.41 Å². The minimum atomic E-state index is -4.78. The summed E-state index contributed by atoms with van der Waals surface area (Å²) in [5, 5.41) is 0. The van der Waals surface area contributed by atoms with Crippen LogP contribution in [-0.2, 0) is 9.53 Å². The Morgan fingerprint density at radius 2 is 2.04 bits per heavy atom. The van der Waals surface area contributed by atoms with Gasteiger partial charge in [-0.3, -0.25) is 0 Å². The highest BCUT2D eigenvalue weighted by Gasteiger charge is 2.32. The normalized spacial score (nSPS) is 16.7. The molecular formula is C21H23F3O4. The first-order valence-corrected chi connectivity index (χ1v) is 8.78. The van der Waals surface area contributed by atoms with E-state index in [1.807, 2.05) is 19.9 Å². The second-order valence-electron chi connectivity index (χ2n) is 7.06. The molecule has 1 aromatic carbocycles. The number of fused-ring (bicyclic) bond motifs is 1. The number of esters is 1. The lowest BCUT2D eigenvalue weighted by molar-refractivity contribution is -0.274. The van der Waals surface area contributed by atoms with Gasteiger partial charge in [-0.1, -0.05) is 32.1 Å². The monoisotopic (exact) mass is 396 g/mol. The van der Waals surface area contributed by atoms with E-state index in [4.69, 9.17) is 9.47 Å². The molecule has 0 unspecified atom stereocenters. The molecule has 2 rings (SSSR count). The first kappa shape index (κ1) is 21.6. The number of benzene rings is 1. The highest BCUT2D eigenvalue weighted by atomic mass is 19.4. The van der Waals surface area contributed by atoms with Gasteiger partial charge in [0.15, 0.2) is 0 Å². The second kappa shape index (κ2) is 8.54. The number of halogens is 3. The van der Waals surface area contributed by atoms with Crippen LogP contribution in [0.1, 0.15) is 33.3 Å². The maximum Gasteiger partial charge on any atom is 0.573 e. The van der Waals surface area contributed by atoms with Crippen molar-refractivity contribution in [3.8, 4) is 11.5 Å². The molecule has 28 heavy (non-hydrogen) atoms. The first-order chi connectivity index (χ1) is 13.0. The SMILES string of the molecule is CCOC(=O)C=C(C)C=CC1=CC(C)(C)COc2ccc(OC(F)(F)F)cc21. The molecular weight excluding hydrogens is 373 g/mol. The van der Waals surface area contributed by atoms with Gasteiger partial charge in [0.1, 0.15) is 11.5 Å². The summed E-state index contributed by atoms with van der Waals surface area (Å²) in [4.78, 5) is 11.5. The zero-order valence-corrected chi connectivity index (χ0v) is 16.2. The Morgan fingerprint density at radius 3 is 2.68 bits per heavy atom. The zero-order chi connectivity index (χ0) is 20.9. The lowest BCUT2D eigenvalue weighted by Gasteiger charge is -2.18. The van der Waals surface area contributed by atoms with Crippen molar-refractivity contribution in [3.63, 3.8) is 0 Å². The van der Waals surface area contributed by atoms with Crippen LogP contribution >= 0.6 is 0 Å². The average Bonchev–Trinajstić information content (AvgIpc) is 2.68. The number of carbonyl (C=O) groups is 1. The molecule has 152 valence electrons. The van der Waals surface area contributed by atoms with Gasteiger partial charge in [-0.2, -0.15) is 0 Å². The number of hydrogen-bond acceptors (Lipinski definition) is 4. The minimum Gasteiger partial charge on any atom is -0.492 e. The van der Waals surface area contributed by atoms with Crippen molar-refractivity contribution in [2.75, 3.05) is 13.2 Å². The molecule has 7 heteroatoms. The highest BCUT2D eigenvalue weighted by molar-refractivity contribution is 5.84. The second-order valence-corrected chi connectivity index (χ2v) is 7.06. The van der Waals surface area contributed by atoms with Crippen LogP contribution in [0.4, 0.5) is 13.2 Å². The first-order valence-electron chi connectivity index (χ1n) is 8.78. The van der Waals surface area contributed by atoms with Crippen molar-refractivity contribution in [1.29, 1.82) is 0 Å². The fourth-order valence-corrected chi connectivity index (χ4v) is 2.64. The van der Waals surface area contributed by atoms with Gasteiger partial charge < -0.3 is 14.2 Å². The molecule has 0 N–H and O–H groups in total. The van der Waals surface area contributed by atoms with E-state index < -0.39 is 12.3 Å². The van der Waals surface area contributed by atoms with Crippen LogP contribution in [0.2, 0.25) is 0 Å². The van der Waals surface area contributed by atoms with Crippen molar-refractivity contribution in [1.82, 2.24) is 0 Å². The summed E-state index contributed by atoms with van der Waals surface area (Å²) in [5.74, 6) is -0.319. The lowest BCUT2D eigenvalue weighted by atomic mass is 9.90. The van der Waals surface area contributed by atoms with E-state index in [0.29, 0.717) is 29.1 Å². The fourth-order valence-electron chi connectivity index (χ4n) is 2.64. The van der Waals surface area contributed by atoms with Crippen LogP contribution in [0.3, 0.4) is 0 Å². The number of allylic oxidation sites excluding steroid dienone is 4. The molecule has 4 nitrogen and oxygen atoms in total. The molecule has 0 bridgehead atoms. The van der Waals surface area contributed by atoms with E-state index >= 15 is 0 Å². The van der Waals surface area contributed by atoms with Crippen LogP contribution in [0.15, 0.2) is 48.1 Å². The van der Waals surface area contributed by atoms with Gasteiger partial charge in [-0.05, 0) is 43.2 Å². The third kappa shape index (κ3) is 6.48. The molecule has 0 amide bonds. The van der Waals surface area contributed by atoms with Gasteiger partial charge in [0.25, 0.3) is 0 Å². The summed E-state index contributed by atoms with van der Waals surface area (Å²) in [5.41, 5.74) is 1.45. The predicted octanol–water partition coefficient (Wildman–Crippen LogP) is 5.45. The standard InChI is InChI=1S/C21H23F3O4/c1-5-26-19(25)10-14(2)6-7-15-12-20(3,4)13-27-18-9-8-16(11-17(15)18)28-21(22,23)24/h6-12H,5,13H2,1-4H3. The number of alkyl halides is 3.